The minimum absolute atomic E-state index is 0.151. The number of aromatic nitrogens is 4. The van der Waals surface area contributed by atoms with Crippen molar-refractivity contribution in [3.8, 4) is 0 Å². The molecule has 148 valence electrons. The second-order valence-electron chi connectivity index (χ2n) is 6.50. The van der Waals surface area contributed by atoms with Gasteiger partial charge in [0.2, 0.25) is 5.91 Å². The van der Waals surface area contributed by atoms with Gasteiger partial charge in [-0.15, -0.1) is 0 Å². The van der Waals surface area contributed by atoms with Crippen molar-refractivity contribution in [3.63, 3.8) is 0 Å². The van der Waals surface area contributed by atoms with E-state index in [0.29, 0.717) is 32.8 Å². The molecular formula is C18H28N6O2S. The molecule has 8 nitrogen and oxygen atoms in total. The van der Waals surface area contributed by atoms with Gasteiger partial charge >= 0.3 is 0 Å². The Labute approximate surface area is 163 Å². The number of carbonyl (C=O) groups is 1. The summed E-state index contributed by atoms with van der Waals surface area (Å²) in [7, 11) is 0. The molecule has 1 amide bonds. The number of nitrogens with zero attached hydrogens (tertiary/aromatic N) is 4. The van der Waals surface area contributed by atoms with Crippen molar-refractivity contribution >= 4 is 34.5 Å². The Morgan fingerprint density at radius 1 is 1.33 bits per heavy atom. The highest BCUT2D eigenvalue weighted by atomic mass is 32.2. The van der Waals surface area contributed by atoms with Crippen LogP contribution in [0, 0.1) is 5.92 Å². The minimum atomic E-state index is 0.151. The molecule has 2 aromatic heterocycles. The van der Waals surface area contributed by atoms with Crippen LogP contribution in [0.25, 0.3) is 11.0 Å². The van der Waals surface area contributed by atoms with Crippen LogP contribution in [0.4, 0.5) is 5.82 Å². The topological polar surface area (TPSA) is 94.0 Å². The van der Waals surface area contributed by atoms with Crippen molar-refractivity contribution in [2.24, 2.45) is 5.92 Å². The monoisotopic (exact) mass is 392 g/mol. The lowest BCUT2D eigenvalue weighted by Crippen LogP contribution is -2.28. The second-order valence-corrected chi connectivity index (χ2v) is 7.56. The SMILES string of the molecule is CCCSc1nc(NCCOCC)c2cnn(CCNC(=O)C3CC3)c2n1. The number of nitrogens with one attached hydrogen (secondary N) is 2. The van der Waals surface area contributed by atoms with E-state index in [9.17, 15) is 4.79 Å². The minimum Gasteiger partial charge on any atom is -0.380 e. The highest BCUT2D eigenvalue weighted by Crippen LogP contribution is 2.28. The van der Waals surface area contributed by atoms with Gasteiger partial charge in [-0.05, 0) is 26.2 Å². The summed E-state index contributed by atoms with van der Waals surface area (Å²) in [6.45, 7) is 7.27. The maximum atomic E-state index is 11.8. The molecule has 1 aliphatic carbocycles. The first-order chi connectivity index (χ1) is 13.2. The molecule has 0 unspecified atom stereocenters. The van der Waals surface area contributed by atoms with E-state index >= 15 is 0 Å². The van der Waals surface area contributed by atoms with Gasteiger partial charge in [-0.25, -0.2) is 14.6 Å². The fraction of sp³-hybridized carbons (Fsp3) is 0.667. The summed E-state index contributed by atoms with van der Waals surface area (Å²) < 4.78 is 7.24. The molecule has 2 heterocycles. The van der Waals surface area contributed by atoms with Crippen LogP contribution in [0.15, 0.2) is 11.4 Å². The number of amides is 1. The Morgan fingerprint density at radius 3 is 2.93 bits per heavy atom. The van der Waals surface area contributed by atoms with Gasteiger partial charge in [-0.3, -0.25) is 4.79 Å². The molecule has 1 aliphatic rings. The third-order valence-electron chi connectivity index (χ3n) is 4.22. The molecule has 9 heteroatoms. The standard InChI is InChI=1S/C18H28N6O2S/c1-3-11-27-18-22-15(19-8-10-26-4-2)14-12-21-24(16(14)23-18)9-7-20-17(25)13-5-6-13/h12-13H,3-11H2,1-2H3,(H,20,25)(H,19,22,23). The van der Waals surface area contributed by atoms with Gasteiger partial charge < -0.3 is 15.4 Å². The van der Waals surface area contributed by atoms with Gasteiger partial charge in [0.15, 0.2) is 10.8 Å². The van der Waals surface area contributed by atoms with E-state index in [4.69, 9.17) is 9.72 Å². The van der Waals surface area contributed by atoms with Gasteiger partial charge in [0, 0.05) is 31.4 Å². The van der Waals surface area contributed by atoms with E-state index in [2.05, 4.69) is 27.6 Å². The van der Waals surface area contributed by atoms with Crippen LogP contribution in [0.5, 0.6) is 0 Å². The number of thioether (sulfide) groups is 1. The maximum Gasteiger partial charge on any atom is 0.223 e. The lowest BCUT2D eigenvalue weighted by atomic mass is 10.4. The number of rotatable bonds is 12. The van der Waals surface area contributed by atoms with Crippen LogP contribution < -0.4 is 10.6 Å². The van der Waals surface area contributed by atoms with Crippen molar-refractivity contribution in [2.75, 3.05) is 37.4 Å². The number of hydrogen-bond donors (Lipinski definition) is 2. The fourth-order valence-electron chi connectivity index (χ4n) is 2.65. The Hall–Kier alpha value is -1.87. The zero-order valence-corrected chi connectivity index (χ0v) is 16.8. The van der Waals surface area contributed by atoms with Crippen molar-refractivity contribution in [3.05, 3.63) is 6.20 Å². The molecule has 0 saturated heterocycles. The summed E-state index contributed by atoms with van der Waals surface area (Å²) in [6, 6.07) is 0. The van der Waals surface area contributed by atoms with Gasteiger partial charge in [0.05, 0.1) is 24.7 Å². The molecule has 2 N–H and O–H groups in total. The molecule has 0 aliphatic heterocycles. The van der Waals surface area contributed by atoms with Gasteiger partial charge in [0.25, 0.3) is 0 Å². The molecule has 0 aromatic carbocycles. The zero-order chi connectivity index (χ0) is 19.1. The number of anilines is 1. The van der Waals surface area contributed by atoms with Crippen molar-refractivity contribution in [2.45, 2.75) is 44.8 Å². The van der Waals surface area contributed by atoms with Gasteiger partial charge in [-0.2, -0.15) is 5.10 Å². The summed E-state index contributed by atoms with van der Waals surface area (Å²) in [5, 5.41) is 12.4. The van der Waals surface area contributed by atoms with Crippen molar-refractivity contribution < 1.29 is 9.53 Å². The highest BCUT2D eigenvalue weighted by molar-refractivity contribution is 7.99. The second kappa shape index (κ2) is 9.89. The fourth-order valence-corrected chi connectivity index (χ4v) is 3.35. The Kier molecular flexibility index (Phi) is 7.28. The predicted octanol–water partition coefficient (Wildman–Crippen LogP) is 2.30. The zero-order valence-electron chi connectivity index (χ0n) is 16.0. The number of carbonyl (C=O) groups excluding carboxylic acids is 1. The summed E-state index contributed by atoms with van der Waals surface area (Å²) >= 11 is 1.64. The molecule has 0 bridgehead atoms. The van der Waals surface area contributed by atoms with Crippen LogP contribution in [0.1, 0.15) is 33.1 Å². The number of fused-ring (bicyclic) bond motifs is 1. The normalized spacial score (nSPS) is 13.9. The third-order valence-corrected chi connectivity index (χ3v) is 5.28. The van der Waals surface area contributed by atoms with Crippen molar-refractivity contribution in [1.29, 1.82) is 0 Å². The van der Waals surface area contributed by atoms with Gasteiger partial charge in [0.1, 0.15) is 5.82 Å². The van der Waals surface area contributed by atoms with E-state index in [-0.39, 0.29) is 11.8 Å². The first-order valence-corrected chi connectivity index (χ1v) is 10.7. The Balaban J connectivity index is 1.72. The van der Waals surface area contributed by atoms with Crippen LogP contribution in [-0.2, 0) is 16.1 Å². The quantitative estimate of drug-likeness (QED) is 0.325. The highest BCUT2D eigenvalue weighted by Gasteiger charge is 2.29. The van der Waals surface area contributed by atoms with E-state index in [1.54, 1.807) is 18.0 Å². The number of hydrogen-bond acceptors (Lipinski definition) is 7. The maximum absolute atomic E-state index is 11.8. The molecule has 1 saturated carbocycles. The summed E-state index contributed by atoms with van der Waals surface area (Å²) in [6.07, 6.45) is 4.87. The van der Waals surface area contributed by atoms with Gasteiger partial charge in [-0.1, -0.05) is 18.7 Å². The van der Waals surface area contributed by atoms with E-state index < -0.39 is 0 Å². The smallest absolute Gasteiger partial charge is 0.223 e. The third kappa shape index (κ3) is 5.55. The largest absolute Gasteiger partial charge is 0.380 e. The average Bonchev–Trinajstić information content (AvgIpc) is 3.45. The molecule has 1 fully saturated rings. The lowest BCUT2D eigenvalue weighted by molar-refractivity contribution is -0.122. The summed E-state index contributed by atoms with van der Waals surface area (Å²) in [5.41, 5.74) is 0.795. The molecule has 0 spiro atoms. The summed E-state index contributed by atoms with van der Waals surface area (Å²) in [5.74, 6) is 2.13. The van der Waals surface area contributed by atoms with Crippen molar-refractivity contribution in [1.82, 2.24) is 25.1 Å². The van der Waals surface area contributed by atoms with E-state index in [1.807, 2.05) is 11.6 Å². The van der Waals surface area contributed by atoms with Crippen LogP contribution in [0.2, 0.25) is 0 Å². The molecule has 2 aromatic rings. The van der Waals surface area contributed by atoms with Crippen LogP contribution in [0.3, 0.4) is 0 Å². The average molecular weight is 393 g/mol. The first kappa shape index (κ1) is 19.9. The van der Waals surface area contributed by atoms with E-state index in [0.717, 1.165) is 47.0 Å². The molecule has 0 atom stereocenters. The van der Waals surface area contributed by atoms with Crippen LogP contribution in [-0.4, -0.2) is 57.7 Å². The summed E-state index contributed by atoms with van der Waals surface area (Å²) in [4.78, 5) is 21.1. The Morgan fingerprint density at radius 2 is 2.19 bits per heavy atom. The molecule has 3 rings (SSSR count). The molecule has 0 radical (unpaired) electrons. The predicted molar refractivity (Wildman–Crippen MR) is 107 cm³/mol. The Bertz CT molecular complexity index is 762. The lowest BCUT2D eigenvalue weighted by Gasteiger charge is -2.10. The molecule has 27 heavy (non-hydrogen) atoms. The number of ether oxygens (including phenoxy) is 1. The molecular weight excluding hydrogens is 364 g/mol. The van der Waals surface area contributed by atoms with Crippen LogP contribution >= 0.6 is 11.8 Å². The first-order valence-electron chi connectivity index (χ1n) is 9.68. The van der Waals surface area contributed by atoms with E-state index in [1.165, 1.54) is 0 Å².